The zero-order chi connectivity index (χ0) is 20.9. The first-order valence-electron chi connectivity index (χ1n) is 9.49. The van der Waals surface area contributed by atoms with Gasteiger partial charge in [-0.3, -0.25) is 9.36 Å². The van der Waals surface area contributed by atoms with E-state index in [9.17, 15) is 10.5 Å². The van der Waals surface area contributed by atoms with Gasteiger partial charge in [0.1, 0.15) is 5.69 Å². The molecule has 148 valence electrons. The quantitative estimate of drug-likeness (QED) is 0.555. The second-order valence-corrected chi connectivity index (χ2v) is 7.70. The van der Waals surface area contributed by atoms with E-state index in [1.807, 2.05) is 31.7 Å². The molecule has 10 nitrogen and oxygen atoms in total. The van der Waals surface area contributed by atoms with E-state index in [0.29, 0.717) is 35.6 Å². The van der Waals surface area contributed by atoms with Crippen molar-refractivity contribution >= 4 is 11.3 Å². The zero-order valence-corrected chi connectivity index (χ0v) is 16.3. The van der Waals surface area contributed by atoms with Gasteiger partial charge in [0, 0.05) is 25.0 Å². The number of nitrogens with zero attached hydrogens (tertiary/aromatic N) is 9. The summed E-state index contributed by atoms with van der Waals surface area (Å²) in [6.07, 6.45) is 10.5. The van der Waals surface area contributed by atoms with Gasteiger partial charge in [-0.2, -0.15) is 25.8 Å². The van der Waals surface area contributed by atoms with Crippen molar-refractivity contribution in [2.75, 3.05) is 5.73 Å². The summed E-state index contributed by atoms with van der Waals surface area (Å²) < 4.78 is 5.21. The SMILES string of the molecule is Cn1cc(-c2cn3nccc3c(-c3cn([C@]4(CC#N)C[C@H](C#N)C4)nc3N)n2)cn1. The number of hydrogen-bond acceptors (Lipinski definition) is 7. The first-order chi connectivity index (χ1) is 14.5. The zero-order valence-electron chi connectivity index (χ0n) is 16.3. The van der Waals surface area contributed by atoms with Crippen molar-refractivity contribution in [3.63, 3.8) is 0 Å². The Hall–Kier alpha value is -4.18. The highest BCUT2D eigenvalue weighted by atomic mass is 15.3. The topological polar surface area (TPSA) is 139 Å². The Morgan fingerprint density at radius 1 is 1.23 bits per heavy atom. The number of rotatable bonds is 4. The lowest BCUT2D eigenvalue weighted by atomic mass is 9.67. The maximum Gasteiger partial charge on any atom is 0.155 e. The highest BCUT2D eigenvalue weighted by Gasteiger charge is 2.47. The van der Waals surface area contributed by atoms with E-state index in [2.05, 4.69) is 27.4 Å². The minimum Gasteiger partial charge on any atom is -0.382 e. The normalized spacial score (nSPS) is 20.6. The number of aryl methyl sites for hydroxylation is 1. The molecule has 2 N–H and O–H groups in total. The van der Waals surface area contributed by atoms with Gasteiger partial charge < -0.3 is 5.73 Å². The van der Waals surface area contributed by atoms with Crippen molar-refractivity contribution in [3.05, 3.63) is 37.1 Å². The molecule has 30 heavy (non-hydrogen) atoms. The van der Waals surface area contributed by atoms with Crippen LogP contribution in [0.25, 0.3) is 28.0 Å². The van der Waals surface area contributed by atoms with Gasteiger partial charge >= 0.3 is 0 Å². The molecule has 1 saturated carbocycles. The highest BCUT2D eigenvalue weighted by Crippen LogP contribution is 2.47. The van der Waals surface area contributed by atoms with Crippen LogP contribution in [0.4, 0.5) is 5.82 Å². The summed E-state index contributed by atoms with van der Waals surface area (Å²) in [7, 11) is 1.85. The molecule has 0 radical (unpaired) electrons. The van der Waals surface area contributed by atoms with Gasteiger partial charge in [0.2, 0.25) is 0 Å². The van der Waals surface area contributed by atoms with Gasteiger partial charge in [-0.25, -0.2) is 9.50 Å². The molecule has 5 rings (SSSR count). The average Bonchev–Trinajstić information content (AvgIpc) is 3.43. The van der Waals surface area contributed by atoms with Crippen molar-refractivity contribution < 1.29 is 0 Å². The molecule has 0 bridgehead atoms. The molecule has 1 aliphatic carbocycles. The van der Waals surface area contributed by atoms with Gasteiger partial charge in [-0.1, -0.05) is 0 Å². The third kappa shape index (κ3) is 2.62. The van der Waals surface area contributed by atoms with Crippen molar-refractivity contribution in [1.82, 2.24) is 34.2 Å². The third-order valence-corrected chi connectivity index (χ3v) is 5.72. The Bertz CT molecular complexity index is 1340. The van der Waals surface area contributed by atoms with E-state index < -0.39 is 5.54 Å². The molecule has 0 amide bonds. The van der Waals surface area contributed by atoms with E-state index in [1.165, 1.54) is 0 Å². The molecule has 4 aromatic heterocycles. The minimum absolute atomic E-state index is 0.0687. The smallest absolute Gasteiger partial charge is 0.155 e. The van der Waals surface area contributed by atoms with Crippen LogP contribution in [0, 0.1) is 28.6 Å². The highest BCUT2D eigenvalue weighted by molar-refractivity contribution is 5.83. The monoisotopic (exact) mass is 398 g/mol. The lowest BCUT2D eigenvalue weighted by Crippen LogP contribution is -2.46. The van der Waals surface area contributed by atoms with Gasteiger partial charge in [0.25, 0.3) is 0 Å². The van der Waals surface area contributed by atoms with Crippen LogP contribution in [-0.4, -0.2) is 34.2 Å². The summed E-state index contributed by atoms with van der Waals surface area (Å²) in [5.74, 6) is 0.257. The fourth-order valence-electron chi connectivity index (χ4n) is 4.14. The standard InChI is InChI=1S/C20H18N10/c1-28-10-14(9-25-28)16-12-29-17(2-5-24-29)18(26-16)15-11-30(27-19(15)23)20(3-4-21)6-13(7-20)8-22/h2,5,9-13H,3,6-7H2,1H3,(H2,23,27)/t13-,20+. The molecule has 0 saturated heterocycles. The Balaban J connectivity index is 1.64. The summed E-state index contributed by atoms with van der Waals surface area (Å²) in [4.78, 5) is 4.84. The van der Waals surface area contributed by atoms with E-state index in [0.717, 1.165) is 11.1 Å². The summed E-state index contributed by atoms with van der Waals surface area (Å²) in [5.41, 5.74) is 9.49. The van der Waals surface area contributed by atoms with Crippen LogP contribution in [0.15, 0.2) is 37.1 Å². The van der Waals surface area contributed by atoms with Crippen LogP contribution in [0.1, 0.15) is 19.3 Å². The fraction of sp³-hybridized carbons (Fsp3) is 0.300. The molecule has 4 heterocycles. The van der Waals surface area contributed by atoms with Crippen molar-refractivity contribution in [3.8, 4) is 34.7 Å². The Morgan fingerprint density at radius 3 is 2.77 bits per heavy atom. The molecular weight excluding hydrogens is 380 g/mol. The fourth-order valence-corrected chi connectivity index (χ4v) is 4.14. The molecule has 10 heteroatoms. The number of hydrogen-bond donors (Lipinski definition) is 1. The van der Waals surface area contributed by atoms with Crippen molar-refractivity contribution in [2.24, 2.45) is 13.0 Å². The number of anilines is 1. The second kappa shape index (κ2) is 6.42. The van der Waals surface area contributed by atoms with Gasteiger partial charge in [-0.05, 0) is 18.9 Å². The Morgan fingerprint density at radius 2 is 2.07 bits per heavy atom. The van der Waals surface area contributed by atoms with Crippen molar-refractivity contribution in [1.29, 1.82) is 10.5 Å². The minimum atomic E-state index is -0.501. The van der Waals surface area contributed by atoms with Crippen LogP contribution >= 0.6 is 0 Å². The Kier molecular flexibility index (Phi) is 3.83. The maximum absolute atomic E-state index is 9.32. The average molecular weight is 398 g/mol. The lowest BCUT2D eigenvalue weighted by Gasteiger charge is -2.43. The predicted molar refractivity (Wildman–Crippen MR) is 107 cm³/mol. The van der Waals surface area contributed by atoms with Crippen LogP contribution in [0.3, 0.4) is 0 Å². The lowest BCUT2D eigenvalue weighted by molar-refractivity contribution is 0.0885. The summed E-state index contributed by atoms with van der Waals surface area (Å²) in [5, 5.41) is 31.6. The number of nitrogens with two attached hydrogens (primary N) is 1. The number of fused-ring (bicyclic) bond motifs is 1. The van der Waals surface area contributed by atoms with Crippen LogP contribution in [0.5, 0.6) is 0 Å². The van der Waals surface area contributed by atoms with Gasteiger partial charge in [-0.15, -0.1) is 0 Å². The largest absolute Gasteiger partial charge is 0.382 e. The molecule has 1 aliphatic rings. The van der Waals surface area contributed by atoms with Crippen LogP contribution < -0.4 is 5.73 Å². The van der Waals surface area contributed by atoms with E-state index in [-0.39, 0.29) is 12.3 Å². The predicted octanol–water partition coefficient (Wildman–Crippen LogP) is 2.12. The molecule has 0 aromatic carbocycles. The summed E-state index contributed by atoms with van der Waals surface area (Å²) in [6.45, 7) is 0. The number of aromatic nitrogens is 7. The maximum atomic E-state index is 9.32. The molecule has 0 atom stereocenters. The summed E-state index contributed by atoms with van der Waals surface area (Å²) >= 11 is 0. The molecule has 1 fully saturated rings. The van der Waals surface area contributed by atoms with Gasteiger partial charge in [0.05, 0.1) is 65.4 Å². The van der Waals surface area contributed by atoms with Gasteiger partial charge in [0.15, 0.2) is 5.82 Å². The van der Waals surface area contributed by atoms with E-state index in [1.54, 1.807) is 26.3 Å². The van der Waals surface area contributed by atoms with E-state index >= 15 is 0 Å². The molecule has 0 unspecified atom stereocenters. The second-order valence-electron chi connectivity index (χ2n) is 7.70. The number of nitriles is 2. The first-order valence-corrected chi connectivity index (χ1v) is 9.49. The summed E-state index contributed by atoms with van der Waals surface area (Å²) in [6, 6.07) is 6.37. The van der Waals surface area contributed by atoms with Crippen LogP contribution in [-0.2, 0) is 12.6 Å². The molecule has 0 spiro atoms. The number of nitrogen functional groups attached to an aromatic ring is 1. The Labute approximate surface area is 171 Å². The first kappa shape index (κ1) is 17.9. The molecule has 4 aromatic rings. The van der Waals surface area contributed by atoms with Crippen molar-refractivity contribution in [2.45, 2.75) is 24.8 Å². The van der Waals surface area contributed by atoms with Crippen LogP contribution in [0.2, 0.25) is 0 Å². The van der Waals surface area contributed by atoms with E-state index in [4.69, 9.17) is 10.7 Å². The molecular formula is C20H18N10. The molecule has 0 aliphatic heterocycles. The third-order valence-electron chi connectivity index (χ3n) is 5.72.